The first-order chi connectivity index (χ1) is 7.63. The maximum absolute atomic E-state index is 6.19. The number of halogens is 1. The van der Waals surface area contributed by atoms with Crippen molar-refractivity contribution in [2.75, 3.05) is 13.6 Å². The van der Waals surface area contributed by atoms with Crippen molar-refractivity contribution in [3.05, 3.63) is 28.5 Å². The van der Waals surface area contributed by atoms with Crippen molar-refractivity contribution in [2.45, 2.75) is 13.3 Å². The Morgan fingerprint density at radius 1 is 1.44 bits per heavy atom. The molecule has 0 saturated heterocycles. The fourth-order valence-corrected chi connectivity index (χ4v) is 2.20. The standard InChI is InChI=1S/C12H16ClN3/c1-8-6-9(13)12-10(7-8)16(3)11(15-12)4-5-14-2/h6-7,14H,4-5H2,1-3H3. The lowest BCUT2D eigenvalue weighted by Crippen LogP contribution is -2.12. The van der Waals surface area contributed by atoms with Gasteiger partial charge in [0.1, 0.15) is 11.3 Å². The van der Waals surface area contributed by atoms with Crippen LogP contribution in [0.3, 0.4) is 0 Å². The van der Waals surface area contributed by atoms with Crippen LogP contribution in [0.25, 0.3) is 11.0 Å². The average molecular weight is 238 g/mol. The summed E-state index contributed by atoms with van der Waals surface area (Å²) in [5, 5.41) is 3.86. The molecule has 0 unspecified atom stereocenters. The summed E-state index contributed by atoms with van der Waals surface area (Å²) in [7, 11) is 3.98. The lowest BCUT2D eigenvalue weighted by molar-refractivity contribution is 0.726. The molecule has 0 fully saturated rings. The third-order valence-electron chi connectivity index (χ3n) is 2.78. The number of aromatic nitrogens is 2. The smallest absolute Gasteiger partial charge is 0.110 e. The monoisotopic (exact) mass is 237 g/mol. The van der Waals surface area contributed by atoms with Gasteiger partial charge in [0, 0.05) is 20.0 Å². The Hall–Kier alpha value is -1.06. The quantitative estimate of drug-likeness (QED) is 0.888. The molecule has 0 spiro atoms. The number of likely N-dealkylation sites (N-methyl/N-ethyl adjacent to an activating group) is 1. The molecule has 0 saturated carbocycles. The molecule has 0 amide bonds. The molecule has 1 heterocycles. The van der Waals surface area contributed by atoms with Crippen molar-refractivity contribution in [1.29, 1.82) is 0 Å². The molecule has 4 heteroatoms. The van der Waals surface area contributed by atoms with Crippen molar-refractivity contribution in [3.8, 4) is 0 Å². The fourth-order valence-electron chi connectivity index (χ4n) is 1.89. The van der Waals surface area contributed by atoms with Crippen molar-refractivity contribution in [3.63, 3.8) is 0 Å². The molecule has 86 valence electrons. The number of hydrogen-bond donors (Lipinski definition) is 1. The van der Waals surface area contributed by atoms with Gasteiger partial charge in [-0.1, -0.05) is 11.6 Å². The number of rotatable bonds is 3. The minimum atomic E-state index is 0.737. The van der Waals surface area contributed by atoms with Crippen LogP contribution < -0.4 is 5.32 Å². The SMILES string of the molecule is CNCCc1nc2c(Cl)cc(C)cc2n1C. The van der Waals surface area contributed by atoms with E-state index in [1.807, 2.05) is 27.1 Å². The number of nitrogens with zero attached hydrogens (tertiary/aromatic N) is 2. The zero-order valence-electron chi connectivity index (χ0n) is 9.84. The van der Waals surface area contributed by atoms with Crippen LogP contribution in [-0.2, 0) is 13.5 Å². The van der Waals surface area contributed by atoms with Crippen LogP contribution in [0, 0.1) is 6.92 Å². The van der Waals surface area contributed by atoms with Crippen LogP contribution in [0.1, 0.15) is 11.4 Å². The number of benzene rings is 1. The molecule has 0 radical (unpaired) electrons. The topological polar surface area (TPSA) is 29.9 Å². The van der Waals surface area contributed by atoms with Crippen LogP contribution in [-0.4, -0.2) is 23.1 Å². The van der Waals surface area contributed by atoms with Gasteiger partial charge in [-0.05, 0) is 31.7 Å². The van der Waals surface area contributed by atoms with E-state index in [1.165, 1.54) is 5.56 Å². The van der Waals surface area contributed by atoms with Gasteiger partial charge in [0.25, 0.3) is 0 Å². The average Bonchev–Trinajstić information content (AvgIpc) is 2.54. The van der Waals surface area contributed by atoms with Crippen molar-refractivity contribution in [2.24, 2.45) is 7.05 Å². The summed E-state index contributed by atoms with van der Waals surface area (Å²) in [6.45, 7) is 2.97. The van der Waals surface area contributed by atoms with Gasteiger partial charge in [-0.15, -0.1) is 0 Å². The lowest BCUT2D eigenvalue weighted by Gasteiger charge is -2.02. The number of aryl methyl sites for hydroxylation is 2. The molecular weight excluding hydrogens is 222 g/mol. The van der Waals surface area contributed by atoms with Crippen LogP contribution in [0.5, 0.6) is 0 Å². The summed E-state index contributed by atoms with van der Waals surface area (Å²) in [5.41, 5.74) is 3.18. The molecule has 3 nitrogen and oxygen atoms in total. The van der Waals surface area contributed by atoms with Gasteiger partial charge in [-0.3, -0.25) is 0 Å². The predicted molar refractivity (Wildman–Crippen MR) is 68.1 cm³/mol. The molecular formula is C12H16ClN3. The molecule has 1 N–H and O–H groups in total. The second-order valence-corrected chi connectivity index (χ2v) is 4.46. The zero-order valence-corrected chi connectivity index (χ0v) is 10.6. The van der Waals surface area contributed by atoms with E-state index in [-0.39, 0.29) is 0 Å². The highest BCUT2D eigenvalue weighted by Crippen LogP contribution is 2.25. The first-order valence-corrected chi connectivity index (χ1v) is 5.77. The Bertz CT molecular complexity index is 516. The summed E-state index contributed by atoms with van der Waals surface area (Å²) < 4.78 is 2.12. The van der Waals surface area contributed by atoms with Crippen LogP contribution in [0.15, 0.2) is 12.1 Å². The van der Waals surface area contributed by atoms with E-state index in [0.29, 0.717) is 0 Å². The fraction of sp³-hybridized carbons (Fsp3) is 0.417. The highest BCUT2D eigenvalue weighted by molar-refractivity contribution is 6.35. The van der Waals surface area contributed by atoms with Crippen LogP contribution >= 0.6 is 11.6 Å². The molecule has 0 aliphatic carbocycles. The highest BCUT2D eigenvalue weighted by atomic mass is 35.5. The second-order valence-electron chi connectivity index (χ2n) is 4.06. The number of fused-ring (bicyclic) bond motifs is 1. The zero-order chi connectivity index (χ0) is 11.7. The predicted octanol–water partition coefficient (Wildman–Crippen LogP) is 2.30. The minimum Gasteiger partial charge on any atom is -0.331 e. The maximum Gasteiger partial charge on any atom is 0.110 e. The minimum absolute atomic E-state index is 0.737. The van der Waals surface area contributed by atoms with Gasteiger partial charge in [0.2, 0.25) is 0 Å². The number of imidazole rings is 1. The summed E-state index contributed by atoms with van der Waals surface area (Å²) in [6.07, 6.45) is 0.914. The third kappa shape index (κ3) is 1.93. The Balaban J connectivity index is 2.54. The van der Waals surface area contributed by atoms with E-state index in [2.05, 4.69) is 20.9 Å². The van der Waals surface area contributed by atoms with E-state index in [9.17, 15) is 0 Å². The van der Waals surface area contributed by atoms with E-state index in [1.54, 1.807) is 0 Å². The third-order valence-corrected chi connectivity index (χ3v) is 3.06. The molecule has 1 aromatic heterocycles. The number of hydrogen-bond acceptors (Lipinski definition) is 2. The van der Waals surface area contributed by atoms with Gasteiger partial charge in [-0.25, -0.2) is 4.98 Å². The number of nitrogens with one attached hydrogen (secondary N) is 1. The van der Waals surface area contributed by atoms with E-state index in [0.717, 1.165) is 34.8 Å². The molecule has 0 bridgehead atoms. The molecule has 16 heavy (non-hydrogen) atoms. The van der Waals surface area contributed by atoms with Crippen LogP contribution in [0.4, 0.5) is 0 Å². The Labute approximate surface area is 100 Å². The first-order valence-electron chi connectivity index (χ1n) is 5.39. The molecule has 2 aromatic rings. The molecule has 0 atom stereocenters. The summed E-state index contributed by atoms with van der Waals surface area (Å²) >= 11 is 6.19. The van der Waals surface area contributed by atoms with E-state index in [4.69, 9.17) is 11.6 Å². The normalized spacial score (nSPS) is 11.2. The Kier molecular flexibility index (Phi) is 3.17. The summed E-state index contributed by atoms with van der Waals surface area (Å²) in [5.74, 6) is 1.07. The molecule has 0 aliphatic heterocycles. The van der Waals surface area contributed by atoms with Crippen molar-refractivity contribution < 1.29 is 0 Å². The van der Waals surface area contributed by atoms with Gasteiger partial charge in [-0.2, -0.15) is 0 Å². The molecule has 0 aliphatic rings. The molecule has 2 rings (SSSR count). The van der Waals surface area contributed by atoms with Gasteiger partial charge in [0.05, 0.1) is 10.5 Å². The van der Waals surface area contributed by atoms with Gasteiger partial charge < -0.3 is 9.88 Å². The Morgan fingerprint density at radius 3 is 2.88 bits per heavy atom. The lowest BCUT2D eigenvalue weighted by atomic mass is 10.2. The van der Waals surface area contributed by atoms with Crippen molar-refractivity contribution in [1.82, 2.24) is 14.9 Å². The van der Waals surface area contributed by atoms with Crippen LogP contribution in [0.2, 0.25) is 5.02 Å². The largest absolute Gasteiger partial charge is 0.331 e. The Morgan fingerprint density at radius 2 is 2.19 bits per heavy atom. The van der Waals surface area contributed by atoms with E-state index >= 15 is 0 Å². The van der Waals surface area contributed by atoms with E-state index < -0.39 is 0 Å². The van der Waals surface area contributed by atoms with Gasteiger partial charge in [0.15, 0.2) is 0 Å². The summed E-state index contributed by atoms with van der Waals surface area (Å²) in [4.78, 5) is 4.58. The highest BCUT2D eigenvalue weighted by Gasteiger charge is 2.10. The van der Waals surface area contributed by atoms with Gasteiger partial charge >= 0.3 is 0 Å². The molecule has 1 aromatic carbocycles. The van der Waals surface area contributed by atoms with Crippen molar-refractivity contribution >= 4 is 22.6 Å². The second kappa shape index (κ2) is 4.44. The maximum atomic E-state index is 6.19. The first kappa shape index (κ1) is 11.4. The summed E-state index contributed by atoms with van der Waals surface area (Å²) in [6, 6.07) is 4.08.